The van der Waals surface area contributed by atoms with E-state index in [0.717, 1.165) is 12.6 Å². The van der Waals surface area contributed by atoms with Gasteiger partial charge in [0.2, 0.25) is 5.95 Å². The first-order valence-corrected chi connectivity index (χ1v) is 5.29. The van der Waals surface area contributed by atoms with Crippen LogP contribution < -0.4 is 10.6 Å². The molecule has 1 aromatic rings. The van der Waals surface area contributed by atoms with E-state index in [4.69, 9.17) is 5.73 Å². The van der Waals surface area contributed by atoms with Gasteiger partial charge in [0, 0.05) is 13.1 Å². The van der Waals surface area contributed by atoms with Gasteiger partial charge in [-0.1, -0.05) is 6.92 Å². The van der Waals surface area contributed by atoms with Crippen LogP contribution in [-0.2, 0) is 0 Å². The van der Waals surface area contributed by atoms with Crippen molar-refractivity contribution >= 4 is 11.8 Å². The third-order valence-electron chi connectivity index (χ3n) is 2.96. The molecule has 1 saturated heterocycles. The molecule has 2 rings (SSSR count). The molecule has 0 saturated carbocycles. The van der Waals surface area contributed by atoms with Crippen LogP contribution in [0.2, 0.25) is 0 Å². The van der Waals surface area contributed by atoms with Crippen molar-refractivity contribution in [3.8, 4) is 0 Å². The molecule has 1 aromatic heterocycles. The lowest BCUT2D eigenvalue weighted by Gasteiger charge is -2.35. The summed E-state index contributed by atoms with van der Waals surface area (Å²) in [4.78, 5) is 9.14. The van der Waals surface area contributed by atoms with Crippen molar-refractivity contribution in [1.82, 2.24) is 9.97 Å². The maximum Gasteiger partial charge on any atom is 0.222 e. The average molecular weight is 226 g/mol. The quantitative estimate of drug-likeness (QED) is 0.725. The standard InChI is InChI=1S/C10H15FN4O/c1-6-2-3-15(5-8(6)16)9-7(11)4-13-10(12)14-9/h4,6,8,16H,2-3,5H2,1H3,(H2,12,13,14). The van der Waals surface area contributed by atoms with Crippen LogP contribution in [0.25, 0.3) is 0 Å². The molecule has 5 nitrogen and oxygen atoms in total. The maximum absolute atomic E-state index is 13.5. The fourth-order valence-corrected chi connectivity index (χ4v) is 1.83. The summed E-state index contributed by atoms with van der Waals surface area (Å²) in [6.07, 6.45) is 1.41. The second-order valence-corrected chi connectivity index (χ2v) is 4.18. The Morgan fingerprint density at radius 3 is 3.06 bits per heavy atom. The van der Waals surface area contributed by atoms with Gasteiger partial charge in [-0.2, -0.15) is 4.98 Å². The van der Waals surface area contributed by atoms with Crippen molar-refractivity contribution < 1.29 is 9.50 Å². The van der Waals surface area contributed by atoms with E-state index in [-0.39, 0.29) is 17.7 Å². The van der Waals surface area contributed by atoms with E-state index in [9.17, 15) is 9.50 Å². The van der Waals surface area contributed by atoms with Crippen LogP contribution in [0.1, 0.15) is 13.3 Å². The second-order valence-electron chi connectivity index (χ2n) is 4.18. The Balaban J connectivity index is 2.21. The molecular formula is C10H15FN4O. The van der Waals surface area contributed by atoms with Crippen LogP contribution in [0.4, 0.5) is 16.2 Å². The van der Waals surface area contributed by atoms with Gasteiger partial charge in [0.05, 0.1) is 12.3 Å². The monoisotopic (exact) mass is 226 g/mol. The maximum atomic E-state index is 13.5. The van der Waals surface area contributed by atoms with Crippen LogP contribution in [-0.4, -0.2) is 34.3 Å². The molecule has 2 heterocycles. The number of hydrogen-bond donors (Lipinski definition) is 2. The van der Waals surface area contributed by atoms with Gasteiger partial charge in [-0.25, -0.2) is 9.37 Å². The number of hydrogen-bond acceptors (Lipinski definition) is 5. The lowest BCUT2D eigenvalue weighted by molar-refractivity contribution is 0.102. The summed E-state index contributed by atoms with van der Waals surface area (Å²) in [6, 6.07) is 0. The molecule has 3 N–H and O–H groups in total. The van der Waals surface area contributed by atoms with E-state index in [1.165, 1.54) is 0 Å². The predicted octanol–water partition coefficient (Wildman–Crippen LogP) is 0.405. The average Bonchev–Trinajstić information content (AvgIpc) is 2.26. The normalized spacial score (nSPS) is 25.8. The molecule has 1 aliphatic heterocycles. The first-order chi connectivity index (χ1) is 7.58. The predicted molar refractivity (Wildman–Crippen MR) is 58.4 cm³/mol. The van der Waals surface area contributed by atoms with E-state index in [1.807, 2.05) is 6.92 Å². The molecule has 16 heavy (non-hydrogen) atoms. The summed E-state index contributed by atoms with van der Waals surface area (Å²) in [5.74, 6) is -0.0441. The van der Waals surface area contributed by atoms with Crippen molar-refractivity contribution in [2.75, 3.05) is 23.7 Å². The van der Waals surface area contributed by atoms with Crippen LogP contribution >= 0.6 is 0 Å². The van der Waals surface area contributed by atoms with Gasteiger partial charge in [-0.15, -0.1) is 0 Å². The molecule has 0 radical (unpaired) electrons. The van der Waals surface area contributed by atoms with Crippen LogP contribution in [0.15, 0.2) is 6.20 Å². The van der Waals surface area contributed by atoms with E-state index in [2.05, 4.69) is 9.97 Å². The fourth-order valence-electron chi connectivity index (χ4n) is 1.83. The third-order valence-corrected chi connectivity index (χ3v) is 2.96. The highest BCUT2D eigenvalue weighted by Gasteiger charge is 2.26. The Morgan fingerprint density at radius 1 is 1.62 bits per heavy atom. The minimum Gasteiger partial charge on any atom is -0.391 e. The highest BCUT2D eigenvalue weighted by molar-refractivity contribution is 5.43. The number of nitrogens with two attached hydrogens (primary N) is 1. The number of rotatable bonds is 1. The van der Waals surface area contributed by atoms with Gasteiger partial charge in [-0.05, 0) is 12.3 Å². The van der Waals surface area contributed by atoms with E-state index in [0.29, 0.717) is 13.1 Å². The van der Waals surface area contributed by atoms with E-state index in [1.54, 1.807) is 4.90 Å². The molecule has 0 spiro atoms. The van der Waals surface area contributed by atoms with Gasteiger partial charge in [0.1, 0.15) is 0 Å². The van der Waals surface area contributed by atoms with Crippen molar-refractivity contribution in [2.24, 2.45) is 5.92 Å². The number of nitrogens with zero attached hydrogens (tertiary/aromatic N) is 3. The van der Waals surface area contributed by atoms with Gasteiger partial charge in [-0.3, -0.25) is 0 Å². The summed E-state index contributed by atoms with van der Waals surface area (Å²) in [5, 5.41) is 9.73. The number of aromatic nitrogens is 2. The lowest BCUT2D eigenvalue weighted by Crippen LogP contribution is -2.43. The van der Waals surface area contributed by atoms with Crippen LogP contribution in [0.3, 0.4) is 0 Å². The fraction of sp³-hybridized carbons (Fsp3) is 0.600. The molecule has 2 unspecified atom stereocenters. The third kappa shape index (κ3) is 2.06. The highest BCUT2D eigenvalue weighted by Crippen LogP contribution is 2.23. The summed E-state index contributed by atoms with van der Waals surface area (Å²) in [7, 11) is 0. The van der Waals surface area contributed by atoms with E-state index < -0.39 is 11.9 Å². The largest absolute Gasteiger partial charge is 0.391 e. The molecule has 0 bridgehead atoms. The smallest absolute Gasteiger partial charge is 0.222 e. The van der Waals surface area contributed by atoms with Crippen LogP contribution in [0, 0.1) is 11.7 Å². The number of aliphatic hydroxyl groups is 1. The zero-order chi connectivity index (χ0) is 11.7. The molecular weight excluding hydrogens is 211 g/mol. The minimum absolute atomic E-state index is 0.0458. The topological polar surface area (TPSA) is 75.3 Å². The lowest BCUT2D eigenvalue weighted by atomic mass is 9.96. The number of piperidine rings is 1. The zero-order valence-electron chi connectivity index (χ0n) is 9.10. The number of β-amino-alcohol motifs (C(OH)–C–C–N with tert-alkyl or cyclic N) is 1. The molecule has 1 aliphatic rings. The number of halogens is 1. The Morgan fingerprint density at radius 2 is 2.38 bits per heavy atom. The zero-order valence-corrected chi connectivity index (χ0v) is 9.10. The Kier molecular flexibility index (Phi) is 2.91. The summed E-state index contributed by atoms with van der Waals surface area (Å²) >= 11 is 0. The minimum atomic E-state index is -0.504. The summed E-state index contributed by atoms with van der Waals surface area (Å²) < 4.78 is 13.5. The molecule has 6 heteroatoms. The number of nitrogen functional groups attached to an aromatic ring is 1. The van der Waals surface area contributed by atoms with Gasteiger partial charge in [0.25, 0.3) is 0 Å². The van der Waals surface area contributed by atoms with Crippen LogP contribution in [0.5, 0.6) is 0 Å². The molecule has 0 aromatic carbocycles. The van der Waals surface area contributed by atoms with Crippen molar-refractivity contribution in [2.45, 2.75) is 19.4 Å². The molecule has 88 valence electrons. The Bertz CT molecular complexity index is 387. The molecule has 2 atom stereocenters. The first-order valence-electron chi connectivity index (χ1n) is 5.29. The summed E-state index contributed by atoms with van der Waals surface area (Å²) in [6.45, 7) is 3.03. The number of aliphatic hydroxyl groups excluding tert-OH is 1. The summed E-state index contributed by atoms with van der Waals surface area (Å²) in [5.41, 5.74) is 5.42. The molecule has 1 fully saturated rings. The Labute approximate surface area is 93.1 Å². The first kappa shape index (κ1) is 11.1. The van der Waals surface area contributed by atoms with Gasteiger partial charge < -0.3 is 15.7 Å². The van der Waals surface area contributed by atoms with Crippen molar-refractivity contribution in [3.63, 3.8) is 0 Å². The Hall–Kier alpha value is -1.43. The SMILES string of the molecule is CC1CCN(c2nc(N)ncc2F)CC1O. The second kappa shape index (κ2) is 4.21. The van der Waals surface area contributed by atoms with E-state index >= 15 is 0 Å². The van der Waals surface area contributed by atoms with Crippen molar-refractivity contribution in [3.05, 3.63) is 12.0 Å². The van der Waals surface area contributed by atoms with Crippen molar-refractivity contribution in [1.29, 1.82) is 0 Å². The highest BCUT2D eigenvalue weighted by atomic mass is 19.1. The molecule has 0 aliphatic carbocycles. The molecule has 0 amide bonds. The van der Waals surface area contributed by atoms with Gasteiger partial charge >= 0.3 is 0 Å². The number of anilines is 2. The van der Waals surface area contributed by atoms with Gasteiger partial charge in [0.15, 0.2) is 11.6 Å².